The summed E-state index contributed by atoms with van der Waals surface area (Å²) in [7, 11) is 0. The Hall–Kier alpha value is -4.97. The fourth-order valence-corrected chi connectivity index (χ4v) is 8.31. The molecule has 0 aromatic rings. The van der Waals surface area contributed by atoms with Crippen molar-refractivity contribution in [2.75, 3.05) is 13.2 Å². The topological polar surface area (TPSA) is 78.9 Å². The summed E-state index contributed by atoms with van der Waals surface area (Å²) in [6, 6.07) is 0. The summed E-state index contributed by atoms with van der Waals surface area (Å²) >= 11 is 0. The molecule has 0 aliphatic carbocycles. The molecule has 0 saturated heterocycles. The van der Waals surface area contributed by atoms with E-state index in [1.54, 1.807) is 0 Å². The highest BCUT2D eigenvalue weighted by Crippen LogP contribution is 2.15. The summed E-state index contributed by atoms with van der Waals surface area (Å²) in [4.78, 5) is 38.1. The third kappa shape index (κ3) is 63.7. The molecule has 1 atom stereocenters. The van der Waals surface area contributed by atoms with Crippen molar-refractivity contribution in [2.45, 2.75) is 271 Å². The molecule has 0 saturated carbocycles. The molecular formula is C73H116O6. The highest BCUT2D eigenvalue weighted by atomic mass is 16.6. The van der Waals surface area contributed by atoms with Gasteiger partial charge in [-0.2, -0.15) is 0 Å². The van der Waals surface area contributed by atoms with Crippen LogP contribution < -0.4 is 0 Å². The van der Waals surface area contributed by atoms with Gasteiger partial charge in [0.2, 0.25) is 0 Å². The lowest BCUT2D eigenvalue weighted by atomic mass is 10.0. The predicted molar refractivity (Wildman–Crippen MR) is 343 cm³/mol. The van der Waals surface area contributed by atoms with Crippen molar-refractivity contribution in [2.24, 2.45) is 0 Å². The van der Waals surface area contributed by atoms with Crippen molar-refractivity contribution in [3.8, 4) is 0 Å². The van der Waals surface area contributed by atoms with Crippen LogP contribution >= 0.6 is 0 Å². The van der Waals surface area contributed by atoms with E-state index in [4.69, 9.17) is 14.2 Å². The van der Waals surface area contributed by atoms with Crippen LogP contribution in [0.15, 0.2) is 158 Å². The number of esters is 3. The second-order valence-electron chi connectivity index (χ2n) is 20.6. The minimum absolute atomic E-state index is 0.0979. The average molecular weight is 1090 g/mol. The van der Waals surface area contributed by atoms with Gasteiger partial charge >= 0.3 is 17.9 Å². The van der Waals surface area contributed by atoms with Crippen molar-refractivity contribution in [3.63, 3.8) is 0 Å². The Morgan fingerprint density at radius 1 is 0.266 bits per heavy atom. The maximum Gasteiger partial charge on any atom is 0.306 e. The third-order valence-electron chi connectivity index (χ3n) is 13.0. The van der Waals surface area contributed by atoms with E-state index in [0.29, 0.717) is 25.7 Å². The van der Waals surface area contributed by atoms with Crippen LogP contribution in [-0.4, -0.2) is 37.2 Å². The summed E-state index contributed by atoms with van der Waals surface area (Å²) in [6.45, 7) is 6.33. The normalized spacial score (nSPS) is 13.2. The summed E-state index contributed by atoms with van der Waals surface area (Å²) in [5, 5.41) is 0. The van der Waals surface area contributed by atoms with E-state index in [9.17, 15) is 14.4 Å². The lowest BCUT2D eigenvalue weighted by Crippen LogP contribution is -2.30. The Labute approximate surface area is 486 Å². The zero-order valence-electron chi connectivity index (χ0n) is 50.8. The zero-order valence-corrected chi connectivity index (χ0v) is 50.8. The number of hydrogen-bond acceptors (Lipinski definition) is 6. The Kier molecular flexibility index (Phi) is 61.4. The second-order valence-corrected chi connectivity index (χ2v) is 20.6. The summed E-state index contributed by atoms with van der Waals surface area (Å²) in [5.41, 5.74) is 0. The van der Waals surface area contributed by atoms with E-state index in [2.05, 4.69) is 179 Å². The van der Waals surface area contributed by atoms with Crippen LogP contribution in [0.3, 0.4) is 0 Å². The van der Waals surface area contributed by atoms with Gasteiger partial charge < -0.3 is 14.2 Å². The molecule has 0 spiro atoms. The van der Waals surface area contributed by atoms with Crippen LogP contribution in [0.5, 0.6) is 0 Å². The SMILES string of the molecule is CC/C=C\C/C=C\C/C=C\C/C=C\C/C=C\C/C=C\C/C=C\C/C=C\CCCCC(=O)OCC(COC(=O)CCCCCCCCC)OC(=O)CCCCCCCCCCCCC/C=C\C/C=C\C/C=C\C/C=C\C/C=C\CC. The lowest BCUT2D eigenvalue weighted by molar-refractivity contribution is -0.167. The number of carbonyl (C=O) groups is 3. The van der Waals surface area contributed by atoms with Gasteiger partial charge in [-0.25, -0.2) is 0 Å². The quantitative estimate of drug-likeness (QED) is 0.0261. The molecule has 0 aromatic carbocycles. The Morgan fingerprint density at radius 3 is 0.797 bits per heavy atom. The van der Waals surface area contributed by atoms with Crippen molar-refractivity contribution in [3.05, 3.63) is 158 Å². The largest absolute Gasteiger partial charge is 0.462 e. The number of unbranched alkanes of at least 4 members (excludes halogenated alkanes) is 19. The molecule has 444 valence electrons. The lowest BCUT2D eigenvalue weighted by Gasteiger charge is -2.18. The fourth-order valence-electron chi connectivity index (χ4n) is 8.31. The van der Waals surface area contributed by atoms with E-state index in [0.717, 1.165) is 135 Å². The minimum Gasteiger partial charge on any atom is -0.462 e. The monoisotopic (exact) mass is 1090 g/mol. The molecule has 0 N–H and O–H groups in total. The van der Waals surface area contributed by atoms with Crippen molar-refractivity contribution in [1.29, 1.82) is 0 Å². The summed E-state index contributed by atoms with van der Waals surface area (Å²) in [5.74, 6) is -0.957. The standard InChI is InChI=1S/C73H116O6/c1-4-7-10-13-16-18-20-22-24-26-28-30-32-34-36-38-40-42-44-46-48-50-52-54-57-60-63-66-72(75)78-69-70(68-77-71(74)65-62-59-56-15-12-9-6-3)79-73(76)67-64-61-58-55-53-51-49-47-45-43-41-39-37-35-33-31-29-27-25-23-21-19-17-14-11-8-5-2/h7-8,10-11,16-19,22-25,28-31,34-37,40,42,46,48,52,54,70H,4-6,9,12-15,20-21,26-27,32-33,38-39,41,43-45,47,49-51,53,55-69H2,1-3H3/b10-7-,11-8-,18-16-,19-17-,24-22-,25-23-,30-28-,31-29-,36-34-,37-35-,42-40-,48-46-,54-52-. The fraction of sp³-hybridized carbons (Fsp3) is 0.603. The first-order chi connectivity index (χ1) is 39.0. The van der Waals surface area contributed by atoms with Gasteiger partial charge in [0.05, 0.1) is 0 Å². The molecule has 0 rings (SSSR count). The van der Waals surface area contributed by atoms with Gasteiger partial charge in [0.25, 0.3) is 0 Å². The average Bonchev–Trinajstić information content (AvgIpc) is 3.45. The van der Waals surface area contributed by atoms with Gasteiger partial charge in [-0.3, -0.25) is 14.4 Å². The van der Waals surface area contributed by atoms with Gasteiger partial charge in [-0.05, 0) is 128 Å². The highest BCUT2D eigenvalue weighted by molar-refractivity contribution is 5.71. The van der Waals surface area contributed by atoms with Crippen LogP contribution in [0, 0.1) is 0 Å². The molecule has 0 aromatic heterocycles. The molecule has 0 heterocycles. The van der Waals surface area contributed by atoms with E-state index in [1.165, 1.54) is 83.5 Å². The van der Waals surface area contributed by atoms with Crippen molar-refractivity contribution in [1.82, 2.24) is 0 Å². The van der Waals surface area contributed by atoms with Gasteiger partial charge in [-0.1, -0.05) is 275 Å². The maximum atomic E-state index is 12.9. The first-order valence-corrected chi connectivity index (χ1v) is 32.0. The van der Waals surface area contributed by atoms with E-state index in [1.807, 2.05) is 0 Å². The Bertz CT molecular complexity index is 1780. The molecule has 0 radical (unpaired) electrons. The first-order valence-electron chi connectivity index (χ1n) is 32.0. The van der Waals surface area contributed by atoms with Crippen LogP contribution in [-0.2, 0) is 28.6 Å². The van der Waals surface area contributed by atoms with E-state index in [-0.39, 0.29) is 31.1 Å². The van der Waals surface area contributed by atoms with Gasteiger partial charge in [0.1, 0.15) is 13.2 Å². The molecule has 6 nitrogen and oxygen atoms in total. The molecule has 0 amide bonds. The molecule has 0 bridgehead atoms. The predicted octanol–water partition coefficient (Wildman–Crippen LogP) is 22.1. The minimum atomic E-state index is -0.803. The number of hydrogen-bond donors (Lipinski definition) is 0. The van der Waals surface area contributed by atoms with Gasteiger partial charge in [0, 0.05) is 19.3 Å². The van der Waals surface area contributed by atoms with Crippen LogP contribution in [0.25, 0.3) is 0 Å². The number of ether oxygens (including phenoxy) is 3. The number of carbonyl (C=O) groups excluding carboxylic acids is 3. The molecule has 79 heavy (non-hydrogen) atoms. The Morgan fingerprint density at radius 2 is 0.494 bits per heavy atom. The van der Waals surface area contributed by atoms with Gasteiger partial charge in [-0.15, -0.1) is 0 Å². The van der Waals surface area contributed by atoms with Crippen molar-refractivity contribution >= 4 is 17.9 Å². The highest BCUT2D eigenvalue weighted by Gasteiger charge is 2.19. The smallest absolute Gasteiger partial charge is 0.306 e. The Balaban J connectivity index is 4.27. The third-order valence-corrected chi connectivity index (χ3v) is 13.0. The molecule has 0 aliphatic heterocycles. The zero-order chi connectivity index (χ0) is 57.1. The molecule has 1 unspecified atom stereocenters. The number of rotatable bonds is 56. The second kappa shape index (κ2) is 65.5. The van der Waals surface area contributed by atoms with E-state index >= 15 is 0 Å². The summed E-state index contributed by atoms with van der Waals surface area (Å²) in [6.07, 6.45) is 95.6. The van der Waals surface area contributed by atoms with Crippen molar-refractivity contribution < 1.29 is 28.6 Å². The first kappa shape index (κ1) is 74.0. The molecule has 0 fully saturated rings. The molecule has 0 aliphatic rings. The maximum absolute atomic E-state index is 12.9. The van der Waals surface area contributed by atoms with Crippen LogP contribution in [0.4, 0.5) is 0 Å². The van der Waals surface area contributed by atoms with Gasteiger partial charge in [0.15, 0.2) is 6.10 Å². The molecule has 6 heteroatoms. The van der Waals surface area contributed by atoms with E-state index < -0.39 is 6.10 Å². The van der Waals surface area contributed by atoms with Crippen LogP contribution in [0.2, 0.25) is 0 Å². The summed E-state index contributed by atoms with van der Waals surface area (Å²) < 4.78 is 16.8. The number of allylic oxidation sites excluding steroid dienone is 26. The molecular weight excluding hydrogens is 973 g/mol. The van der Waals surface area contributed by atoms with Crippen LogP contribution in [0.1, 0.15) is 265 Å².